The molecule has 1 aliphatic heterocycles. The Morgan fingerprint density at radius 3 is 2.86 bits per heavy atom. The number of carbonyl (C=O) groups excluding carboxylic acids is 1. The molecule has 1 unspecified atom stereocenters. The molecule has 0 radical (unpaired) electrons. The van der Waals surface area contributed by atoms with Crippen LogP contribution in [0.1, 0.15) is 51.9 Å². The number of sulfonamides is 1. The Hall–Kier alpha value is -0.880. The summed E-state index contributed by atoms with van der Waals surface area (Å²) in [4.78, 5) is 12.2. The number of hydrogen-bond acceptors (Lipinski definition) is 3. The molecule has 5 nitrogen and oxygen atoms in total. The van der Waals surface area contributed by atoms with Gasteiger partial charge in [0.15, 0.2) is 0 Å². The first kappa shape index (κ1) is 17.5. The Labute approximate surface area is 134 Å². The van der Waals surface area contributed by atoms with Crippen molar-refractivity contribution in [2.75, 3.05) is 25.4 Å². The maximum Gasteiger partial charge on any atom is 0.224 e. The summed E-state index contributed by atoms with van der Waals surface area (Å²) in [5.74, 6) is -0.0852. The molecular weight excluding hydrogens is 300 g/mol. The quantitative estimate of drug-likeness (QED) is 0.759. The van der Waals surface area contributed by atoms with E-state index in [0.717, 1.165) is 32.1 Å². The van der Waals surface area contributed by atoms with E-state index in [-0.39, 0.29) is 17.6 Å². The van der Waals surface area contributed by atoms with Gasteiger partial charge in [-0.2, -0.15) is 0 Å². The van der Waals surface area contributed by atoms with Gasteiger partial charge in [-0.25, -0.2) is 12.7 Å². The van der Waals surface area contributed by atoms with E-state index in [2.05, 4.69) is 11.4 Å². The second kappa shape index (κ2) is 8.11. The summed E-state index contributed by atoms with van der Waals surface area (Å²) in [6.45, 7) is 3.20. The third-order valence-electron chi connectivity index (χ3n) is 4.64. The van der Waals surface area contributed by atoms with E-state index >= 15 is 0 Å². The van der Waals surface area contributed by atoms with Crippen LogP contribution in [0.3, 0.4) is 0 Å². The van der Waals surface area contributed by atoms with Crippen LogP contribution in [0.5, 0.6) is 0 Å². The number of carbonyl (C=O) groups is 1. The Kier molecular flexibility index (Phi) is 6.44. The van der Waals surface area contributed by atoms with Gasteiger partial charge in [0.1, 0.15) is 0 Å². The van der Waals surface area contributed by atoms with Crippen LogP contribution in [-0.2, 0) is 14.8 Å². The number of nitrogens with one attached hydrogen (secondary N) is 1. The summed E-state index contributed by atoms with van der Waals surface area (Å²) < 4.78 is 25.3. The van der Waals surface area contributed by atoms with Crippen LogP contribution < -0.4 is 5.32 Å². The van der Waals surface area contributed by atoms with Crippen molar-refractivity contribution in [3.63, 3.8) is 0 Å². The minimum Gasteiger partial charge on any atom is -0.356 e. The average molecular weight is 328 g/mol. The van der Waals surface area contributed by atoms with E-state index in [1.54, 1.807) is 6.92 Å². The summed E-state index contributed by atoms with van der Waals surface area (Å²) in [6, 6.07) is 0. The molecule has 2 aliphatic rings. The predicted octanol–water partition coefficient (Wildman–Crippen LogP) is 2.05. The van der Waals surface area contributed by atoms with E-state index in [4.69, 9.17) is 0 Å². The largest absolute Gasteiger partial charge is 0.356 e. The number of nitrogens with zero attached hydrogens (tertiary/aromatic N) is 1. The summed E-state index contributed by atoms with van der Waals surface area (Å²) in [6.07, 6.45) is 9.62. The molecule has 1 N–H and O–H groups in total. The standard InChI is InChI=1S/C16H28N2O3S/c1-2-22(20,21)18-12-6-9-15(13-18)16(19)17-11-10-14-7-4-3-5-8-14/h7,15H,2-6,8-13H2,1H3,(H,17,19). The summed E-state index contributed by atoms with van der Waals surface area (Å²) in [5, 5.41) is 2.99. The van der Waals surface area contributed by atoms with Gasteiger partial charge in [-0.3, -0.25) is 4.79 Å². The second-order valence-corrected chi connectivity index (χ2v) is 8.50. The van der Waals surface area contributed by atoms with Crippen molar-refractivity contribution in [3.8, 4) is 0 Å². The zero-order valence-corrected chi connectivity index (χ0v) is 14.3. The van der Waals surface area contributed by atoms with Gasteiger partial charge in [0.25, 0.3) is 0 Å². The monoisotopic (exact) mass is 328 g/mol. The molecule has 126 valence electrons. The van der Waals surface area contributed by atoms with E-state index in [9.17, 15) is 13.2 Å². The van der Waals surface area contributed by atoms with Crippen molar-refractivity contribution >= 4 is 15.9 Å². The molecule has 0 aromatic rings. The molecule has 1 atom stereocenters. The topological polar surface area (TPSA) is 66.5 Å². The highest BCUT2D eigenvalue weighted by atomic mass is 32.2. The highest BCUT2D eigenvalue weighted by molar-refractivity contribution is 7.89. The Bertz CT molecular complexity index is 513. The number of allylic oxidation sites excluding steroid dienone is 1. The highest BCUT2D eigenvalue weighted by Gasteiger charge is 2.31. The van der Waals surface area contributed by atoms with Crippen molar-refractivity contribution in [1.29, 1.82) is 0 Å². The molecule has 0 aromatic carbocycles. The zero-order chi connectivity index (χ0) is 16.0. The summed E-state index contributed by atoms with van der Waals surface area (Å²) >= 11 is 0. The van der Waals surface area contributed by atoms with Gasteiger partial charge < -0.3 is 5.32 Å². The van der Waals surface area contributed by atoms with E-state index in [1.807, 2.05) is 0 Å². The van der Waals surface area contributed by atoms with Crippen LogP contribution >= 0.6 is 0 Å². The second-order valence-electron chi connectivity index (χ2n) is 6.25. The van der Waals surface area contributed by atoms with Gasteiger partial charge in [-0.15, -0.1) is 0 Å². The molecule has 6 heteroatoms. The normalized spacial score (nSPS) is 23.9. The van der Waals surface area contributed by atoms with Crippen LogP contribution in [0.25, 0.3) is 0 Å². The fourth-order valence-electron chi connectivity index (χ4n) is 3.21. The van der Waals surface area contributed by atoms with Crippen molar-refractivity contribution in [2.45, 2.75) is 51.9 Å². The van der Waals surface area contributed by atoms with Crippen LogP contribution in [0.4, 0.5) is 0 Å². The van der Waals surface area contributed by atoms with Crippen molar-refractivity contribution in [1.82, 2.24) is 9.62 Å². The zero-order valence-electron chi connectivity index (χ0n) is 13.5. The fraction of sp³-hybridized carbons (Fsp3) is 0.812. The number of piperidine rings is 1. The van der Waals surface area contributed by atoms with Crippen molar-refractivity contribution in [2.24, 2.45) is 5.92 Å². The van der Waals surface area contributed by atoms with Gasteiger partial charge in [-0.05, 0) is 51.9 Å². The Morgan fingerprint density at radius 2 is 2.18 bits per heavy atom. The third-order valence-corrected chi connectivity index (χ3v) is 6.49. The van der Waals surface area contributed by atoms with Crippen LogP contribution in [0.2, 0.25) is 0 Å². The molecule has 1 saturated heterocycles. The van der Waals surface area contributed by atoms with Gasteiger partial charge in [-0.1, -0.05) is 11.6 Å². The molecule has 0 spiro atoms. The maximum atomic E-state index is 12.2. The van der Waals surface area contributed by atoms with Crippen molar-refractivity contribution < 1.29 is 13.2 Å². The van der Waals surface area contributed by atoms with Crippen LogP contribution in [-0.4, -0.2) is 44.0 Å². The lowest BCUT2D eigenvalue weighted by Gasteiger charge is -2.31. The van der Waals surface area contributed by atoms with E-state index in [1.165, 1.54) is 22.7 Å². The van der Waals surface area contributed by atoms with E-state index in [0.29, 0.717) is 19.6 Å². The first-order valence-electron chi connectivity index (χ1n) is 8.46. The van der Waals surface area contributed by atoms with Gasteiger partial charge in [0.2, 0.25) is 15.9 Å². The minimum absolute atomic E-state index is 0.00686. The minimum atomic E-state index is -3.18. The molecular formula is C16H28N2O3S. The van der Waals surface area contributed by atoms with Crippen molar-refractivity contribution in [3.05, 3.63) is 11.6 Å². The third kappa shape index (κ3) is 4.81. The lowest BCUT2D eigenvalue weighted by molar-refractivity contribution is -0.126. The molecule has 22 heavy (non-hydrogen) atoms. The highest BCUT2D eigenvalue weighted by Crippen LogP contribution is 2.21. The lowest BCUT2D eigenvalue weighted by atomic mass is 9.96. The van der Waals surface area contributed by atoms with Gasteiger partial charge >= 0.3 is 0 Å². The Balaban J connectivity index is 1.78. The predicted molar refractivity (Wildman–Crippen MR) is 87.9 cm³/mol. The molecule has 1 fully saturated rings. The number of hydrogen-bond donors (Lipinski definition) is 1. The van der Waals surface area contributed by atoms with Crippen LogP contribution in [0, 0.1) is 5.92 Å². The summed E-state index contributed by atoms with van der Waals surface area (Å²) in [5.41, 5.74) is 1.45. The molecule has 0 aromatic heterocycles. The first-order chi connectivity index (χ1) is 10.5. The van der Waals surface area contributed by atoms with E-state index < -0.39 is 10.0 Å². The van der Waals surface area contributed by atoms with Crippen LogP contribution in [0.15, 0.2) is 11.6 Å². The van der Waals surface area contributed by atoms with Gasteiger partial charge in [0.05, 0.1) is 11.7 Å². The number of rotatable bonds is 6. The Morgan fingerprint density at radius 1 is 1.36 bits per heavy atom. The fourth-order valence-corrected chi connectivity index (χ4v) is 4.39. The molecule has 0 saturated carbocycles. The molecule has 1 aliphatic carbocycles. The smallest absolute Gasteiger partial charge is 0.224 e. The molecule has 1 amide bonds. The molecule has 0 bridgehead atoms. The lowest BCUT2D eigenvalue weighted by Crippen LogP contribution is -2.46. The molecule has 1 heterocycles. The average Bonchev–Trinajstić information content (AvgIpc) is 2.56. The maximum absolute atomic E-state index is 12.2. The molecule has 2 rings (SSSR count). The number of amides is 1. The SMILES string of the molecule is CCS(=O)(=O)N1CCCC(C(=O)NCCC2=CCCCC2)C1. The first-order valence-corrected chi connectivity index (χ1v) is 10.1. The van der Waals surface area contributed by atoms with Gasteiger partial charge in [0, 0.05) is 19.6 Å². The summed E-state index contributed by atoms with van der Waals surface area (Å²) in [7, 11) is -3.18.